The summed E-state index contributed by atoms with van der Waals surface area (Å²) < 4.78 is 5.01. The number of nitrogens with zero attached hydrogens (tertiary/aromatic N) is 4. The molecule has 0 saturated heterocycles. The van der Waals surface area contributed by atoms with Crippen LogP contribution in [0, 0.1) is 0 Å². The van der Waals surface area contributed by atoms with Gasteiger partial charge in [0.1, 0.15) is 0 Å². The van der Waals surface area contributed by atoms with Gasteiger partial charge in [0.25, 0.3) is 0 Å². The van der Waals surface area contributed by atoms with Gasteiger partial charge in [0.05, 0.1) is 0 Å². The number of nitrogens with one attached hydrogen (secondary N) is 2. The van der Waals surface area contributed by atoms with Gasteiger partial charge in [-0.1, -0.05) is 0 Å². The Kier molecular flexibility index (Phi) is 7.59. The van der Waals surface area contributed by atoms with Crippen LogP contribution >= 0.6 is 0 Å². The maximum Gasteiger partial charge on any atom is 0.243 e. The Morgan fingerprint density at radius 2 is 1.80 bits per heavy atom. The summed E-state index contributed by atoms with van der Waals surface area (Å²) in [7, 11) is 1.70. The molecule has 1 rings (SSSR count). The van der Waals surface area contributed by atoms with E-state index in [1.54, 1.807) is 7.11 Å². The SMILES string of the molecule is CCN(CC)c1nc(NN)nc(NCCCCOC)n1. The third kappa shape index (κ3) is 5.14. The summed E-state index contributed by atoms with van der Waals surface area (Å²) in [5.41, 5.74) is 2.47. The molecule has 0 unspecified atom stereocenters. The number of hydrazine groups is 1. The van der Waals surface area contributed by atoms with E-state index in [4.69, 9.17) is 10.6 Å². The summed E-state index contributed by atoms with van der Waals surface area (Å²) in [4.78, 5) is 14.9. The highest BCUT2D eigenvalue weighted by Gasteiger charge is 2.10. The number of anilines is 3. The van der Waals surface area contributed by atoms with Gasteiger partial charge in [0.15, 0.2) is 0 Å². The predicted molar refractivity (Wildman–Crippen MR) is 80.8 cm³/mol. The first-order valence-electron chi connectivity index (χ1n) is 6.95. The van der Waals surface area contributed by atoms with Gasteiger partial charge < -0.3 is 15.0 Å². The monoisotopic (exact) mass is 283 g/mol. The van der Waals surface area contributed by atoms with E-state index < -0.39 is 0 Å². The Morgan fingerprint density at radius 3 is 2.40 bits per heavy atom. The fourth-order valence-electron chi connectivity index (χ4n) is 1.73. The highest BCUT2D eigenvalue weighted by atomic mass is 16.5. The molecule has 20 heavy (non-hydrogen) atoms. The van der Waals surface area contributed by atoms with Gasteiger partial charge in [0.2, 0.25) is 17.8 Å². The molecule has 0 aliphatic carbocycles. The van der Waals surface area contributed by atoms with Crippen molar-refractivity contribution >= 4 is 17.8 Å². The molecule has 8 heteroatoms. The first-order valence-corrected chi connectivity index (χ1v) is 6.95. The molecule has 0 saturated carbocycles. The number of methoxy groups -OCH3 is 1. The maximum absolute atomic E-state index is 5.40. The number of unbranched alkanes of at least 4 members (excludes halogenated alkanes) is 1. The van der Waals surface area contributed by atoms with E-state index in [9.17, 15) is 0 Å². The van der Waals surface area contributed by atoms with Gasteiger partial charge in [-0.3, -0.25) is 5.43 Å². The van der Waals surface area contributed by atoms with E-state index in [0.717, 1.165) is 39.1 Å². The second-order valence-electron chi connectivity index (χ2n) is 4.23. The molecule has 0 bridgehead atoms. The van der Waals surface area contributed by atoms with E-state index in [0.29, 0.717) is 17.8 Å². The number of rotatable bonds is 10. The lowest BCUT2D eigenvalue weighted by atomic mass is 10.3. The number of ether oxygens (including phenoxy) is 1. The highest BCUT2D eigenvalue weighted by Crippen LogP contribution is 2.12. The molecule has 4 N–H and O–H groups in total. The number of nitrogen functional groups attached to an aromatic ring is 1. The lowest BCUT2D eigenvalue weighted by Crippen LogP contribution is -2.26. The minimum Gasteiger partial charge on any atom is -0.385 e. The molecule has 0 aliphatic rings. The van der Waals surface area contributed by atoms with Crippen LogP contribution in [0.2, 0.25) is 0 Å². The van der Waals surface area contributed by atoms with E-state index in [1.807, 2.05) is 4.90 Å². The molecule has 0 atom stereocenters. The lowest BCUT2D eigenvalue weighted by molar-refractivity contribution is 0.193. The van der Waals surface area contributed by atoms with Crippen LogP contribution in [0.5, 0.6) is 0 Å². The normalized spacial score (nSPS) is 10.4. The average Bonchev–Trinajstić information content (AvgIpc) is 2.48. The van der Waals surface area contributed by atoms with Crippen LogP contribution in [-0.4, -0.2) is 48.3 Å². The van der Waals surface area contributed by atoms with Crippen LogP contribution in [0.1, 0.15) is 26.7 Å². The number of aromatic nitrogens is 3. The molecule has 0 fully saturated rings. The fourth-order valence-corrected chi connectivity index (χ4v) is 1.73. The van der Waals surface area contributed by atoms with Crippen LogP contribution in [0.15, 0.2) is 0 Å². The minimum absolute atomic E-state index is 0.362. The molecule has 0 radical (unpaired) electrons. The largest absolute Gasteiger partial charge is 0.385 e. The molecule has 1 aromatic rings. The van der Waals surface area contributed by atoms with Gasteiger partial charge in [-0.05, 0) is 26.7 Å². The van der Waals surface area contributed by atoms with Crippen LogP contribution in [-0.2, 0) is 4.74 Å². The molecule has 0 aliphatic heterocycles. The van der Waals surface area contributed by atoms with Gasteiger partial charge in [0, 0.05) is 33.4 Å². The second-order valence-corrected chi connectivity index (χ2v) is 4.23. The summed E-state index contributed by atoms with van der Waals surface area (Å²) in [5, 5.41) is 3.18. The Labute approximate surface area is 120 Å². The lowest BCUT2D eigenvalue weighted by Gasteiger charge is -2.19. The summed E-state index contributed by atoms with van der Waals surface area (Å²) in [6, 6.07) is 0. The first kappa shape index (κ1) is 16.4. The molecule has 1 heterocycles. The van der Waals surface area contributed by atoms with Crippen molar-refractivity contribution < 1.29 is 4.74 Å². The van der Waals surface area contributed by atoms with Crippen molar-refractivity contribution in [3.8, 4) is 0 Å². The van der Waals surface area contributed by atoms with Gasteiger partial charge in [-0.2, -0.15) is 15.0 Å². The van der Waals surface area contributed by atoms with E-state index in [-0.39, 0.29) is 0 Å². The smallest absolute Gasteiger partial charge is 0.243 e. The van der Waals surface area contributed by atoms with Crippen molar-refractivity contribution in [2.45, 2.75) is 26.7 Å². The van der Waals surface area contributed by atoms with Crippen molar-refractivity contribution in [1.29, 1.82) is 0 Å². The summed E-state index contributed by atoms with van der Waals surface area (Å²) >= 11 is 0. The summed E-state index contributed by atoms with van der Waals surface area (Å²) in [6.45, 7) is 7.32. The minimum atomic E-state index is 0.362. The zero-order chi connectivity index (χ0) is 14.8. The number of hydrogen-bond donors (Lipinski definition) is 3. The zero-order valence-corrected chi connectivity index (χ0v) is 12.5. The van der Waals surface area contributed by atoms with E-state index in [2.05, 4.69) is 39.5 Å². The average molecular weight is 283 g/mol. The van der Waals surface area contributed by atoms with Gasteiger partial charge >= 0.3 is 0 Å². The molecule has 1 aromatic heterocycles. The van der Waals surface area contributed by atoms with E-state index >= 15 is 0 Å². The van der Waals surface area contributed by atoms with Crippen molar-refractivity contribution in [1.82, 2.24) is 15.0 Å². The quantitative estimate of drug-likeness (QED) is 0.330. The Hall–Kier alpha value is -1.67. The third-order valence-corrected chi connectivity index (χ3v) is 2.86. The van der Waals surface area contributed by atoms with Crippen molar-refractivity contribution in [2.24, 2.45) is 5.84 Å². The van der Waals surface area contributed by atoms with Crippen LogP contribution < -0.4 is 21.5 Å². The third-order valence-electron chi connectivity index (χ3n) is 2.86. The van der Waals surface area contributed by atoms with Crippen molar-refractivity contribution in [3.05, 3.63) is 0 Å². The molecular weight excluding hydrogens is 258 g/mol. The van der Waals surface area contributed by atoms with Crippen LogP contribution in [0.4, 0.5) is 17.8 Å². The van der Waals surface area contributed by atoms with Crippen LogP contribution in [0.25, 0.3) is 0 Å². The fraction of sp³-hybridized carbons (Fsp3) is 0.750. The standard InChI is InChI=1S/C12H25N7O/c1-4-19(5-2)12-16-10(15-11(17-12)18-13)14-8-6-7-9-20-3/h4-9,13H2,1-3H3,(H2,14,15,16,17,18). The van der Waals surface area contributed by atoms with Crippen molar-refractivity contribution in [3.63, 3.8) is 0 Å². The topological polar surface area (TPSA) is 101 Å². The molecule has 0 amide bonds. The van der Waals surface area contributed by atoms with Crippen molar-refractivity contribution in [2.75, 3.05) is 49.0 Å². The molecular formula is C12H25N7O. The molecule has 114 valence electrons. The highest BCUT2D eigenvalue weighted by molar-refractivity contribution is 5.43. The molecule has 0 aromatic carbocycles. The zero-order valence-electron chi connectivity index (χ0n) is 12.5. The Morgan fingerprint density at radius 1 is 1.10 bits per heavy atom. The maximum atomic E-state index is 5.40. The Balaban J connectivity index is 2.67. The van der Waals surface area contributed by atoms with Crippen LogP contribution in [0.3, 0.4) is 0 Å². The van der Waals surface area contributed by atoms with Gasteiger partial charge in [-0.25, -0.2) is 5.84 Å². The second kappa shape index (κ2) is 9.27. The molecule has 8 nitrogen and oxygen atoms in total. The Bertz CT molecular complexity index is 384. The first-order chi connectivity index (χ1) is 9.74. The summed E-state index contributed by atoms with van der Waals surface area (Å²) in [6.07, 6.45) is 1.99. The number of nitrogens with two attached hydrogens (primary N) is 1. The van der Waals surface area contributed by atoms with E-state index in [1.165, 1.54) is 0 Å². The predicted octanol–water partition coefficient (Wildman–Crippen LogP) is 0.842. The number of hydrogen-bond acceptors (Lipinski definition) is 8. The molecule has 0 spiro atoms. The van der Waals surface area contributed by atoms with Gasteiger partial charge in [-0.15, -0.1) is 0 Å². The summed E-state index contributed by atoms with van der Waals surface area (Å²) in [5.74, 6) is 6.92.